The lowest BCUT2D eigenvalue weighted by molar-refractivity contribution is -0.384. The highest BCUT2D eigenvalue weighted by atomic mass is 19.4. The molecule has 0 unspecified atom stereocenters. The van der Waals surface area contributed by atoms with Crippen LogP contribution >= 0.6 is 0 Å². The molecule has 0 aliphatic heterocycles. The molecule has 0 fully saturated rings. The summed E-state index contributed by atoms with van der Waals surface area (Å²) in [5, 5.41) is 19.6. The maximum atomic E-state index is 12.6. The normalized spacial score (nSPS) is 11.5. The van der Waals surface area contributed by atoms with Crippen molar-refractivity contribution in [3.8, 4) is 11.4 Å². The van der Waals surface area contributed by atoms with Crippen molar-refractivity contribution in [3.63, 3.8) is 0 Å². The summed E-state index contributed by atoms with van der Waals surface area (Å²) in [5.74, 6) is -0.727. The number of nitro benzene ring substituents is 1. The van der Waals surface area contributed by atoms with Gasteiger partial charge in [-0.1, -0.05) is 12.1 Å². The summed E-state index contributed by atoms with van der Waals surface area (Å²) in [6.07, 6.45) is -4.84. The average Bonchev–Trinajstić information content (AvgIpc) is 2.77. The first-order valence-electron chi connectivity index (χ1n) is 4.50. The maximum absolute atomic E-state index is 12.6. The lowest BCUT2D eigenvalue weighted by atomic mass is 10.1. The number of aromatic nitrogens is 4. The van der Waals surface area contributed by atoms with Crippen molar-refractivity contribution < 1.29 is 18.1 Å². The molecule has 1 heterocycles. The molecule has 0 atom stereocenters. The van der Waals surface area contributed by atoms with Gasteiger partial charge in [-0.05, 0) is 16.5 Å². The molecule has 2 aromatic rings. The summed E-state index contributed by atoms with van der Waals surface area (Å²) in [4.78, 5) is 9.92. The zero-order valence-corrected chi connectivity index (χ0v) is 8.50. The molecule has 0 amide bonds. The Morgan fingerprint density at radius 3 is 2.56 bits per heavy atom. The molecule has 94 valence electrons. The summed E-state index contributed by atoms with van der Waals surface area (Å²) >= 11 is 0. The number of rotatable bonds is 2. The monoisotopic (exact) mass is 259 g/mol. The molecule has 0 radical (unpaired) electrons. The van der Waals surface area contributed by atoms with Crippen LogP contribution in [0.1, 0.15) is 0 Å². The van der Waals surface area contributed by atoms with Crippen molar-refractivity contribution in [3.05, 3.63) is 34.4 Å². The van der Waals surface area contributed by atoms with Crippen LogP contribution in [0.4, 0.5) is 18.9 Å². The highest BCUT2D eigenvalue weighted by Crippen LogP contribution is 2.31. The van der Waals surface area contributed by atoms with Gasteiger partial charge in [0.1, 0.15) is 0 Å². The van der Waals surface area contributed by atoms with Gasteiger partial charge in [0.15, 0.2) is 5.82 Å². The summed E-state index contributed by atoms with van der Waals surface area (Å²) in [7, 11) is 0. The van der Waals surface area contributed by atoms with Gasteiger partial charge in [0.05, 0.1) is 10.5 Å². The Bertz CT molecular complexity index is 594. The Morgan fingerprint density at radius 2 is 1.94 bits per heavy atom. The van der Waals surface area contributed by atoms with Crippen molar-refractivity contribution >= 4 is 5.69 Å². The van der Waals surface area contributed by atoms with Crippen LogP contribution in [-0.2, 0) is 6.30 Å². The van der Waals surface area contributed by atoms with Gasteiger partial charge >= 0.3 is 6.30 Å². The Hall–Kier alpha value is -2.52. The lowest BCUT2D eigenvalue weighted by Gasteiger charge is -2.07. The van der Waals surface area contributed by atoms with E-state index in [9.17, 15) is 23.3 Å². The van der Waals surface area contributed by atoms with E-state index in [-0.39, 0.29) is 5.56 Å². The first kappa shape index (κ1) is 12.0. The first-order chi connectivity index (χ1) is 8.41. The SMILES string of the molecule is O=[N+]([O-])c1ccccc1-c1nnnn1C(F)(F)F. The third-order valence-electron chi connectivity index (χ3n) is 2.05. The number of alkyl halides is 3. The Kier molecular flexibility index (Phi) is 2.69. The standard InChI is InChI=1S/C8H4F3N5O2/c9-8(10,11)15-7(12-13-14-15)5-3-1-2-4-6(5)16(17)18/h1-4H. The van der Waals surface area contributed by atoms with Crippen LogP contribution in [0.2, 0.25) is 0 Å². The second kappa shape index (κ2) is 4.05. The van der Waals surface area contributed by atoms with Crippen LogP contribution in [0.5, 0.6) is 0 Å². The summed E-state index contributed by atoms with van der Waals surface area (Å²) in [6, 6.07) is 4.91. The molecule has 0 saturated carbocycles. The number of halogens is 3. The number of tetrazole rings is 1. The summed E-state index contributed by atoms with van der Waals surface area (Å²) in [6.45, 7) is 0. The van der Waals surface area contributed by atoms with Crippen LogP contribution < -0.4 is 0 Å². The fourth-order valence-electron chi connectivity index (χ4n) is 1.35. The number of hydrogen-bond donors (Lipinski definition) is 0. The smallest absolute Gasteiger partial charge is 0.258 e. The highest BCUT2D eigenvalue weighted by molar-refractivity contribution is 5.67. The Balaban J connectivity index is 2.64. The van der Waals surface area contributed by atoms with Crippen molar-refractivity contribution in [2.24, 2.45) is 0 Å². The molecule has 0 N–H and O–H groups in total. The van der Waals surface area contributed by atoms with Gasteiger partial charge in [-0.3, -0.25) is 10.1 Å². The van der Waals surface area contributed by atoms with E-state index in [0.717, 1.165) is 12.1 Å². The minimum atomic E-state index is -4.84. The van der Waals surface area contributed by atoms with E-state index >= 15 is 0 Å². The number of benzene rings is 1. The van der Waals surface area contributed by atoms with E-state index < -0.39 is 27.4 Å². The molecule has 10 heteroatoms. The summed E-state index contributed by atoms with van der Waals surface area (Å²) < 4.78 is 37.2. The van der Waals surface area contributed by atoms with Crippen LogP contribution in [0.3, 0.4) is 0 Å². The molecule has 0 spiro atoms. The van der Waals surface area contributed by atoms with E-state index in [2.05, 4.69) is 15.5 Å². The van der Waals surface area contributed by atoms with Crippen molar-refractivity contribution in [1.29, 1.82) is 0 Å². The molecule has 0 aliphatic rings. The van der Waals surface area contributed by atoms with Crippen LogP contribution in [0.15, 0.2) is 24.3 Å². The van der Waals surface area contributed by atoms with E-state index in [4.69, 9.17) is 0 Å². The predicted octanol–water partition coefficient (Wildman–Crippen LogP) is 1.72. The van der Waals surface area contributed by atoms with Gasteiger partial charge in [-0.2, -0.15) is 0 Å². The van der Waals surface area contributed by atoms with E-state index in [0.29, 0.717) is 0 Å². The fourth-order valence-corrected chi connectivity index (χ4v) is 1.35. The molecule has 0 aliphatic carbocycles. The topological polar surface area (TPSA) is 86.7 Å². The van der Waals surface area contributed by atoms with Crippen molar-refractivity contribution in [2.75, 3.05) is 0 Å². The predicted molar refractivity (Wildman–Crippen MR) is 51.2 cm³/mol. The molecule has 1 aromatic heterocycles. The molecule has 0 bridgehead atoms. The minimum absolute atomic E-state index is 0.301. The third kappa shape index (κ3) is 1.99. The van der Waals surface area contributed by atoms with Crippen LogP contribution in [-0.4, -0.2) is 25.1 Å². The molecule has 0 saturated heterocycles. The van der Waals surface area contributed by atoms with Gasteiger partial charge < -0.3 is 0 Å². The lowest BCUT2D eigenvalue weighted by Crippen LogP contribution is -2.19. The highest BCUT2D eigenvalue weighted by Gasteiger charge is 2.37. The minimum Gasteiger partial charge on any atom is -0.258 e. The van der Waals surface area contributed by atoms with E-state index in [1.165, 1.54) is 12.1 Å². The first-order valence-corrected chi connectivity index (χ1v) is 4.50. The fraction of sp³-hybridized carbons (Fsp3) is 0.125. The molecule has 1 aromatic carbocycles. The molecule has 7 nitrogen and oxygen atoms in total. The average molecular weight is 259 g/mol. The largest absolute Gasteiger partial charge is 0.507 e. The number of hydrogen-bond acceptors (Lipinski definition) is 5. The van der Waals surface area contributed by atoms with Crippen LogP contribution in [0.25, 0.3) is 11.4 Å². The quantitative estimate of drug-likeness (QED) is 0.605. The number of nitro groups is 1. The molecular weight excluding hydrogens is 255 g/mol. The summed E-state index contributed by atoms with van der Waals surface area (Å²) in [5.41, 5.74) is -0.803. The maximum Gasteiger partial charge on any atom is 0.507 e. The number of nitrogens with zero attached hydrogens (tertiary/aromatic N) is 5. The van der Waals surface area contributed by atoms with Crippen molar-refractivity contribution in [1.82, 2.24) is 20.2 Å². The van der Waals surface area contributed by atoms with E-state index in [1.54, 1.807) is 0 Å². The van der Waals surface area contributed by atoms with Gasteiger partial charge in [-0.25, -0.2) is 0 Å². The van der Waals surface area contributed by atoms with Gasteiger partial charge in [0.2, 0.25) is 0 Å². The molecular formula is C8H4F3N5O2. The zero-order chi connectivity index (χ0) is 13.3. The van der Waals surface area contributed by atoms with Crippen molar-refractivity contribution in [2.45, 2.75) is 6.30 Å². The number of para-hydroxylation sites is 1. The third-order valence-corrected chi connectivity index (χ3v) is 2.05. The Labute approximate surface area is 97.0 Å². The zero-order valence-electron chi connectivity index (χ0n) is 8.50. The van der Waals surface area contributed by atoms with Gasteiger partial charge in [0, 0.05) is 6.07 Å². The second-order valence-electron chi connectivity index (χ2n) is 3.16. The second-order valence-corrected chi connectivity index (χ2v) is 3.16. The Morgan fingerprint density at radius 1 is 1.28 bits per heavy atom. The molecule has 18 heavy (non-hydrogen) atoms. The van der Waals surface area contributed by atoms with Gasteiger partial charge in [-0.15, -0.1) is 23.0 Å². The van der Waals surface area contributed by atoms with Gasteiger partial charge in [0.25, 0.3) is 5.69 Å². The van der Waals surface area contributed by atoms with E-state index in [1.807, 2.05) is 0 Å². The van der Waals surface area contributed by atoms with Crippen LogP contribution in [0, 0.1) is 10.1 Å². The molecule has 2 rings (SSSR count).